The second kappa shape index (κ2) is 5.44. The summed E-state index contributed by atoms with van der Waals surface area (Å²) in [7, 11) is 1.32. The molecule has 0 radical (unpaired) electrons. The lowest BCUT2D eigenvalue weighted by atomic mass is 10.2. The number of carbonyl (C=O) groups is 1. The van der Waals surface area contributed by atoms with Crippen LogP contribution >= 0.6 is 0 Å². The largest absolute Gasteiger partial charge is 0.463 e. The first-order valence-corrected chi connectivity index (χ1v) is 5.27. The summed E-state index contributed by atoms with van der Waals surface area (Å²) in [5, 5.41) is 3.19. The van der Waals surface area contributed by atoms with E-state index in [1.54, 1.807) is 6.07 Å². The zero-order valence-electron chi connectivity index (χ0n) is 10.1. The standard InChI is InChI=1S/C11H17N3O2/c1-5-7(2)12-9-6-8(3)13-10(14-9)11(15)16-4/h6-7H,5H2,1-4H3,(H,12,13,14). The molecule has 0 aliphatic rings. The molecule has 5 nitrogen and oxygen atoms in total. The number of ether oxygens (including phenoxy) is 1. The normalized spacial score (nSPS) is 12.0. The number of aromatic nitrogens is 2. The molecule has 16 heavy (non-hydrogen) atoms. The minimum atomic E-state index is -0.518. The van der Waals surface area contributed by atoms with Crippen LogP contribution in [0.5, 0.6) is 0 Å². The van der Waals surface area contributed by atoms with Gasteiger partial charge in [0.05, 0.1) is 7.11 Å². The molecule has 1 aromatic rings. The van der Waals surface area contributed by atoms with Crippen molar-refractivity contribution in [2.24, 2.45) is 0 Å². The molecule has 88 valence electrons. The number of nitrogens with zero attached hydrogens (tertiary/aromatic N) is 2. The highest BCUT2D eigenvalue weighted by molar-refractivity contribution is 5.85. The fourth-order valence-electron chi connectivity index (χ4n) is 1.18. The topological polar surface area (TPSA) is 64.1 Å². The molecule has 0 bridgehead atoms. The molecule has 0 saturated carbocycles. The van der Waals surface area contributed by atoms with Gasteiger partial charge in [-0.1, -0.05) is 6.92 Å². The lowest BCUT2D eigenvalue weighted by Crippen LogP contribution is -2.17. The number of rotatable bonds is 4. The average molecular weight is 223 g/mol. The lowest BCUT2D eigenvalue weighted by Gasteiger charge is -2.12. The van der Waals surface area contributed by atoms with Crippen molar-refractivity contribution in [2.75, 3.05) is 12.4 Å². The quantitative estimate of drug-likeness (QED) is 0.788. The van der Waals surface area contributed by atoms with Crippen LogP contribution in [-0.2, 0) is 4.74 Å². The SMILES string of the molecule is CCC(C)Nc1cc(C)nc(C(=O)OC)n1. The van der Waals surface area contributed by atoms with E-state index in [1.807, 2.05) is 6.92 Å². The Morgan fingerprint density at radius 2 is 2.25 bits per heavy atom. The van der Waals surface area contributed by atoms with E-state index in [-0.39, 0.29) is 5.82 Å². The Labute approximate surface area is 95.3 Å². The van der Waals surface area contributed by atoms with E-state index in [0.29, 0.717) is 11.9 Å². The summed E-state index contributed by atoms with van der Waals surface area (Å²) in [6, 6.07) is 2.11. The highest BCUT2D eigenvalue weighted by Gasteiger charge is 2.11. The minimum absolute atomic E-state index is 0.0910. The molecule has 0 aliphatic heterocycles. The Balaban J connectivity index is 2.94. The minimum Gasteiger partial charge on any atom is -0.463 e. The highest BCUT2D eigenvalue weighted by Crippen LogP contribution is 2.09. The Bertz CT molecular complexity index is 379. The van der Waals surface area contributed by atoms with E-state index < -0.39 is 5.97 Å². The molecule has 5 heteroatoms. The van der Waals surface area contributed by atoms with Crippen LogP contribution in [0.3, 0.4) is 0 Å². The molecule has 0 amide bonds. The summed E-state index contributed by atoms with van der Waals surface area (Å²) in [5.74, 6) is 0.228. The van der Waals surface area contributed by atoms with Gasteiger partial charge in [0.25, 0.3) is 0 Å². The van der Waals surface area contributed by atoms with Crippen molar-refractivity contribution in [1.29, 1.82) is 0 Å². The van der Waals surface area contributed by atoms with Crippen molar-refractivity contribution in [1.82, 2.24) is 9.97 Å². The maximum absolute atomic E-state index is 11.3. The predicted molar refractivity (Wildman–Crippen MR) is 61.5 cm³/mol. The van der Waals surface area contributed by atoms with Crippen molar-refractivity contribution in [3.05, 3.63) is 17.6 Å². The number of methoxy groups -OCH3 is 1. The van der Waals surface area contributed by atoms with Gasteiger partial charge in [0, 0.05) is 17.8 Å². The van der Waals surface area contributed by atoms with E-state index in [9.17, 15) is 4.79 Å². The van der Waals surface area contributed by atoms with E-state index in [2.05, 4.69) is 33.9 Å². The Hall–Kier alpha value is -1.65. The van der Waals surface area contributed by atoms with E-state index in [4.69, 9.17) is 0 Å². The summed E-state index contributed by atoms with van der Waals surface area (Å²) in [6.07, 6.45) is 0.983. The second-order valence-electron chi connectivity index (χ2n) is 3.66. The molecule has 1 heterocycles. The van der Waals surface area contributed by atoms with Crippen molar-refractivity contribution in [3.8, 4) is 0 Å². The predicted octanol–water partition coefficient (Wildman–Crippen LogP) is 1.78. The summed E-state index contributed by atoms with van der Waals surface area (Å²) in [6.45, 7) is 5.94. The van der Waals surface area contributed by atoms with E-state index in [1.165, 1.54) is 7.11 Å². The fourth-order valence-corrected chi connectivity index (χ4v) is 1.18. The first-order chi connectivity index (χ1) is 7.56. The van der Waals surface area contributed by atoms with Gasteiger partial charge in [-0.25, -0.2) is 14.8 Å². The molecule has 1 unspecified atom stereocenters. The van der Waals surface area contributed by atoms with E-state index >= 15 is 0 Å². The number of nitrogens with one attached hydrogen (secondary N) is 1. The summed E-state index contributed by atoms with van der Waals surface area (Å²) in [5.41, 5.74) is 0.737. The molecule has 0 spiro atoms. The third-order valence-electron chi connectivity index (χ3n) is 2.23. The maximum atomic E-state index is 11.3. The van der Waals surface area contributed by atoms with Gasteiger partial charge in [-0.05, 0) is 20.3 Å². The molecule has 1 aromatic heterocycles. The third kappa shape index (κ3) is 3.18. The molecule has 0 fully saturated rings. The number of hydrogen-bond donors (Lipinski definition) is 1. The van der Waals surface area contributed by atoms with Gasteiger partial charge in [0.1, 0.15) is 5.82 Å². The zero-order valence-corrected chi connectivity index (χ0v) is 10.1. The number of anilines is 1. The van der Waals surface area contributed by atoms with E-state index in [0.717, 1.165) is 12.1 Å². The third-order valence-corrected chi connectivity index (χ3v) is 2.23. The van der Waals surface area contributed by atoms with Crippen molar-refractivity contribution >= 4 is 11.8 Å². The zero-order chi connectivity index (χ0) is 12.1. The van der Waals surface area contributed by atoms with Crippen LogP contribution in [0.15, 0.2) is 6.07 Å². The van der Waals surface area contributed by atoms with Crippen LogP contribution < -0.4 is 5.32 Å². The van der Waals surface area contributed by atoms with Crippen LogP contribution in [0.25, 0.3) is 0 Å². The van der Waals surface area contributed by atoms with Gasteiger partial charge < -0.3 is 10.1 Å². The average Bonchev–Trinajstić information content (AvgIpc) is 2.27. The van der Waals surface area contributed by atoms with Crippen molar-refractivity contribution < 1.29 is 9.53 Å². The maximum Gasteiger partial charge on any atom is 0.376 e. The molecule has 1 rings (SSSR count). The Morgan fingerprint density at radius 1 is 1.56 bits per heavy atom. The van der Waals surface area contributed by atoms with Crippen LogP contribution in [0, 0.1) is 6.92 Å². The molecule has 1 atom stereocenters. The van der Waals surface area contributed by atoms with Gasteiger partial charge in [-0.15, -0.1) is 0 Å². The highest BCUT2D eigenvalue weighted by atomic mass is 16.5. The van der Waals surface area contributed by atoms with Crippen LogP contribution in [-0.4, -0.2) is 29.1 Å². The van der Waals surface area contributed by atoms with Crippen molar-refractivity contribution in [2.45, 2.75) is 33.2 Å². The molecular weight excluding hydrogens is 206 g/mol. The van der Waals surface area contributed by atoms with Crippen LogP contribution in [0.1, 0.15) is 36.6 Å². The van der Waals surface area contributed by atoms with Gasteiger partial charge >= 0.3 is 5.97 Å². The monoisotopic (exact) mass is 223 g/mol. The summed E-state index contributed by atoms with van der Waals surface area (Å²) < 4.78 is 4.59. The molecular formula is C11H17N3O2. The molecule has 0 aromatic carbocycles. The van der Waals surface area contributed by atoms with Gasteiger partial charge in [-0.2, -0.15) is 0 Å². The van der Waals surface area contributed by atoms with Crippen molar-refractivity contribution in [3.63, 3.8) is 0 Å². The van der Waals surface area contributed by atoms with Gasteiger partial charge in [0.15, 0.2) is 0 Å². The Kier molecular flexibility index (Phi) is 4.22. The smallest absolute Gasteiger partial charge is 0.376 e. The Morgan fingerprint density at radius 3 is 2.81 bits per heavy atom. The number of hydrogen-bond acceptors (Lipinski definition) is 5. The number of aryl methyl sites for hydroxylation is 1. The molecule has 0 saturated heterocycles. The first kappa shape index (κ1) is 12.4. The number of esters is 1. The second-order valence-corrected chi connectivity index (χ2v) is 3.66. The lowest BCUT2D eigenvalue weighted by molar-refractivity contribution is 0.0586. The first-order valence-electron chi connectivity index (χ1n) is 5.27. The fraction of sp³-hybridized carbons (Fsp3) is 0.545. The summed E-state index contributed by atoms with van der Waals surface area (Å²) in [4.78, 5) is 19.4. The van der Waals surface area contributed by atoms with Gasteiger partial charge in [0.2, 0.25) is 5.82 Å². The van der Waals surface area contributed by atoms with Crippen LogP contribution in [0.2, 0.25) is 0 Å². The van der Waals surface area contributed by atoms with Gasteiger partial charge in [-0.3, -0.25) is 0 Å². The number of carbonyl (C=O) groups excluding carboxylic acids is 1. The molecule has 1 N–H and O–H groups in total. The summed E-state index contributed by atoms with van der Waals surface area (Å²) >= 11 is 0. The molecule has 0 aliphatic carbocycles. The van der Waals surface area contributed by atoms with Crippen LogP contribution in [0.4, 0.5) is 5.82 Å².